The zero-order valence-corrected chi connectivity index (χ0v) is 18.0. The predicted octanol–water partition coefficient (Wildman–Crippen LogP) is 2.56. The number of para-hydroxylation sites is 1. The molecule has 0 bridgehead atoms. The van der Waals surface area contributed by atoms with Crippen LogP contribution >= 0.6 is 0 Å². The standard InChI is InChI=1S/C20H29N3O5S/c1-20(2,3)27-19(24)23-10-9-17(28-29(4,25)26)18(23)14(11-21)15-12-22-16-8-6-5-7-13(15)16/h5-8,12,14,17-18,22H,9-11,21H2,1-4H3/t14-,17+,18-/m1/s1. The second kappa shape index (κ2) is 7.97. The van der Waals surface area contributed by atoms with Crippen LogP contribution in [0, 0.1) is 0 Å². The Morgan fingerprint density at radius 3 is 2.66 bits per heavy atom. The second-order valence-corrected chi connectivity index (χ2v) is 10.0. The molecule has 3 atom stereocenters. The van der Waals surface area contributed by atoms with Gasteiger partial charge in [-0.1, -0.05) is 18.2 Å². The van der Waals surface area contributed by atoms with Gasteiger partial charge in [0.25, 0.3) is 10.1 Å². The molecule has 1 amide bonds. The molecule has 0 aliphatic carbocycles. The number of aromatic nitrogens is 1. The molecule has 0 unspecified atom stereocenters. The predicted molar refractivity (Wildman–Crippen MR) is 111 cm³/mol. The van der Waals surface area contributed by atoms with Gasteiger partial charge in [-0.2, -0.15) is 8.42 Å². The maximum atomic E-state index is 12.9. The molecule has 2 heterocycles. The van der Waals surface area contributed by atoms with Crippen LogP contribution in [0.1, 0.15) is 38.7 Å². The number of carbonyl (C=O) groups excluding carboxylic acids is 1. The van der Waals surface area contributed by atoms with Crippen LogP contribution in [0.3, 0.4) is 0 Å². The van der Waals surface area contributed by atoms with E-state index in [1.165, 1.54) is 0 Å². The number of aromatic amines is 1. The number of amides is 1. The molecule has 0 saturated carbocycles. The SMILES string of the molecule is CC(C)(C)OC(=O)N1CC[C@H](OS(C)(=O)=O)[C@H]1[C@H](CN)c1c[nH]c2ccccc12. The van der Waals surface area contributed by atoms with Crippen molar-refractivity contribution in [2.75, 3.05) is 19.3 Å². The average Bonchev–Trinajstić information content (AvgIpc) is 3.18. The topological polar surface area (TPSA) is 115 Å². The molecule has 1 fully saturated rings. The fourth-order valence-electron chi connectivity index (χ4n) is 3.98. The smallest absolute Gasteiger partial charge is 0.410 e. The van der Waals surface area contributed by atoms with E-state index in [1.54, 1.807) is 25.7 Å². The summed E-state index contributed by atoms with van der Waals surface area (Å²) >= 11 is 0. The molecule has 2 aromatic rings. The molecule has 1 aliphatic heterocycles. The molecule has 1 aromatic carbocycles. The van der Waals surface area contributed by atoms with E-state index >= 15 is 0 Å². The minimum Gasteiger partial charge on any atom is -0.444 e. The Labute approximate surface area is 171 Å². The first-order valence-electron chi connectivity index (χ1n) is 9.64. The van der Waals surface area contributed by atoms with Crippen molar-refractivity contribution in [1.29, 1.82) is 0 Å². The van der Waals surface area contributed by atoms with Gasteiger partial charge in [0, 0.05) is 36.1 Å². The first-order valence-corrected chi connectivity index (χ1v) is 11.5. The Balaban J connectivity index is 2.02. The van der Waals surface area contributed by atoms with E-state index in [0.29, 0.717) is 13.0 Å². The lowest BCUT2D eigenvalue weighted by Gasteiger charge is -2.34. The van der Waals surface area contributed by atoms with Gasteiger partial charge in [0.15, 0.2) is 0 Å². The summed E-state index contributed by atoms with van der Waals surface area (Å²) in [7, 11) is -3.71. The lowest BCUT2D eigenvalue weighted by Crippen LogP contribution is -2.48. The van der Waals surface area contributed by atoms with E-state index in [9.17, 15) is 13.2 Å². The summed E-state index contributed by atoms with van der Waals surface area (Å²) < 4.78 is 34.6. The molecule has 1 aromatic heterocycles. The number of carbonyl (C=O) groups is 1. The van der Waals surface area contributed by atoms with Gasteiger partial charge in [-0.05, 0) is 38.8 Å². The number of benzene rings is 1. The number of fused-ring (bicyclic) bond motifs is 1. The van der Waals surface area contributed by atoms with Gasteiger partial charge < -0.3 is 20.4 Å². The zero-order chi connectivity index (χ0) is 21.4. The summed E-state index contributed by atoms with van der Waals surface area (Å²) in [6, 6.07) is 7.22. The molecule has 0 radical (unpaired) electrons. The summed E-state index contributed by atoms with van der Waals surface area (Å²) in [6.45, 7) is 5.93. The molecule has 3 rings (SSSR count). The molecule has 8 nitrogen and oxygen atoms in total. The molecule has 29 heavy (non-hydrogen) atoms. The van der Waals surface area contributed by atoms with Crippen LogP contribution in [-0.4, -0.2) is 61.5 Å². The monoisotopic (exact) mass is 423 g/mol. The van der Waals surface area contributed by atoms with Gasteiger partial charge in [-0.3, -0.25) is 4.18 Å². The van der Waals surface area contributed by atoms with E-state index in [4.69, 9.17) is 14.7 Å². The minimum atomic E-state index is -3.71. The van der Waals surface area contributed by atoms with Crippen molar-refractivity contribution in [1.82, 2.24) is 9.88 Å². The summed E-state index contributed by atoms with van der Waals surface area (Å²) in [6.07, 6.45) is 2.07. The lowest BCUT2D eigenvalue weighted by molar-refractivity contribution is 0.0145. The number of ether oxygens (including phenoxy) is 1. The third-order valence-corrected chi connectivity index (χ3v) is 5.61. The number of nitrogens with one attached hydrogen (secondary N) is 1. The summed E-state index contributed by atoms with van der Waals surface area (Å²) in [5.41, 5.74) is 7.35. The molecular weight excluding hydrogens is 394 g/mol. The molecule has 3 N–H and O–H groups in total. The highest BCUT2D eigenvalue weighted by molar-refractivity contribution is 7.86. The number of H-pyrrole nitrogens is 1. The lowest BCUT2D eigenvalue weighted by atomic mass is 9.88. The number of nitrogens with zero attached hydrogens (tertiary/aromatic N) is 1. The van der Waals surface area contributed by atoms with Crippen LogP contribution in [0.25, 0.3) is 10.9 Å². The largest absolute Gasteiger partial charge is 0.444 e. The van der Waals surface area contributed by atoms with Gasteiger partial charge in [-0.25, -0.2) is 4.79 Å². The Kier molecular flexibility index (Phi) is 5.93. The van der Waals surface area contributed by atoms with Crippen molar-refractivity contribution in [3.05, 3.63) is 36.0 Å². The number of likely N-dealkylation sites (tertiary alicyclic amines) is 1. The Hall–Kier alpha value is -2.10. The van der Waals surface area contributed by atoms with Crippen molar-refractivity contribution in [2.24, 2.45) is 5.73 Å². The summed E-state index contributed by atoms with van der Waals surface area (Å²) in [5.74, 6) is -0.326. The highest BCUT2D eigenvalue weighted by atomic mass is 32.2. The third-order valence-electron chi connectivity index (χ3n) is 5.01. The number of nitrogens with two attached hydrogens (primary N) is 1. The highest BCUT2D eigenvalue weighted by Gasteiger charge is 2.46. The molecular formula is C20H29N3O5S. The molecule has 1 saturated heterocycles. The molecule has 9 heteroatoms. The Morgan fingerprint density at radius 1 is 1.34 bits per heavy atom. The van der Waals surface area contributed by atoms with Gasteiger partial charge in [0.1, 0.15) is 5.60 Å². The number of hydrogen-bond acceptors (Lipinski definition) is 6. The number of hydrogen-bond donors (Lipinski definition) is 2. The molecule has 160 valence electrons. The van der Waals surface area contributed by atoms with Crippen LogP contribution < -0.4 is 5.73 Å². The van der Waals surface area contributed by atoms with Crippen LogP contribution in [-0.2, 0) is 19.0 Å². The first-order chi connectivity index (χ1) is 13.5. The van der Waals surface area contributed by atoms with Crippen molar-refractivity contribution in [3.63, 3.8) is 0 Å². The molecule has 1 aliphatic rings. The zero-order valence-electron chi connectivity index (χ0n) is 17.2. The number of rotatable bonds is 5. The highest BCUT2D eigenvalue weighted by Crippen LogP contribution is 2.37. The fourth-order valence-corrected chi connectivity index (χ4v) is 4.64. The van der Waals surface area contributed by atoms with Crippen molar-refractivity contribution in [2.45, 2.75) is 50.9 Å². The van der Waals surface area contributed by atoms with Crippen molar-refractivity contribution >= 4 is 27.1 Å². The van der Waals surface area contributed by atoms with Gasteiger partial charge in [-0.15, -0.1) is 0 Å². The normalized spacial score (nSPS) is 21.5. The van der Waals surface area contributed by atoms with E-state index in [-0.39, 0.29) is 12.5 Å². The average molecular weight is 424 g/mol. The fraction of sp³-hybridized carbons (Fsp3) is 0.550. The van der Waals surface area contributed by atoms with E-state index < -0.39 is 34.0 Å². The first kappa shape index (κ1) is 21.6. The van der Waals surface area contributed by atoms with Gasteiger partial charge >= 0.3 is 6.09 Å². The van der Waals surface area contributed by atoms with Crippen molar-refractivity contribution < 1.29 is 22.1 Å². The van der Waals surface area contributed by atoms with E-state index in [0.717, 1.165) is 22.7 Å². The Bertz CT molecular complexity index is 979. The molecule has 0 spiro atoms. The third kappa shape index (κ3) is 4.91. The maximum Gasteiger partial charge on any atom is 0.410 e. The van der Waals surface area contributed by atoms with E-state index in [2.05, 4.69) is 4.98 Å². The van der Waals surface area contributed by atoms with E-state index in [1.807, 2.05) is 30.5 Å². The quantitative estimate of drug-likeness (QED) is 0.714. The second-order valence-electron chi connectivity index (χ2n) is 8.42. The van der Waals surface area contributed by atoms with Gasteiger partial charge in [0.05, 0.1) is 18.4 Å². The van der Waals surface area contributed by atoms with Crippen LogP contribution in [0.15, 0.2) is 30.5 Å². The summed E-state index contributed by atoms with van der Waals surface area (Å²) in [5, 5.41) is 0.983. The van der Waals surface area contributed by atoms with Crippen molar-refractivity contribution in [3.8, 4) is 0 Å². The van der Waals surface area contributed by atoms with Crippen LogP contribution in [0.5, 0.6) is 0 Å². The van der Waals surface area contributed by atoms with Crippen LogP contribution in [0.4, 0.5) is 4.79 Å². The van der Waals surface area contributed by atoms with Gasteiger partial charge in [0.2, 0.25) is 0 Å². The Morgan fingerprint density at radius 2 is 2.03 bits per heavy atom. The summed E-state index contributed by atoms with van der Waals surface area (Å²) in [4.78, 5) is 17.7. The van der Waals surface area contributed by atoms with Crippen LogP contribution in [0.2, 0.25) is 0 Å². The minimum absolute atomic E-state index is 0.218. The maximum absolute atomic E-state index is 12.9.